The molecule has 1 atom stereocenters. The van der Waals surface area contributed by atoms with Crippen LogP contribution in [0.1, 0.15) is 17.3 Å². The lowest BCUT2D eigenvalue weighted by atomic mass is 10.2. The summed E-state index contributed by atoms with van der Waals surface area (Å²) in [7, 11) is 1.52. The summed E-state index contributed by atoms with van der Waals surface area (Å²) in [4.78, 5) is 33.9. The lowest BCUT2D eigenvalue weighted by Crippen LogP contribution is -2.47. The number of primary amides is 1. The van der Waals surface area contributed by atoms with Crippen molar-refractivity contribution in [1.82, 2.24) is 14.9 Å². The van der Waals surface area contributed by atoms with Gasteiger partial charge in [0, 0.05) is 31.6 Å². The van der Waals surface area contributed by atoms with Gasteiger partial charge in [0.15, 0.2) is 5.82 Å². The van der Waals surface area contributed by atoms with Gasteiger partial charge in [-0.1, -0.05) is 30.3 Å². The Bertz CT molecular complexity index is 689. The fraction of sp³-hybridized carbons (Fsp3) is 0.294. The van der Waals surface area contributed by atoms with Gasteiger partial charge in [-0.05, 0) is 6.92 Å². The van der Waals surface area contributed by atoms with Crippen LogP contribution in [0.5, 0.6) is 0 Å². The van der Waals surface area contributed by atoms with Crippen LogP contribution < -0.4 is 5.73 Å². The summed E-state index contributed by atoms with van der Waals surface area (Å²) in [5.74, 6) is -0.419. The largest absolute Gasteiger partial charge is 0.383 e. The van der Waals surface area contributed by atoms with Crippen LogP contribution in [0, 0.1) is 0 Å². The molecule has 0 unspecified atom stereocenters. The monoisotopic (exact) mass is 328 g/mol. The van der Waals surface area contributed by atoms with Crippen molar-refractivity contribution in [2.24, 2.45) is 5.73 Å². The minimum atomic E-state index is -0.749. The average Bonchev–Trinajstić information content (AvgIpc) is 2.62. The Labute approximate surface area is 140 Å². The van der Waals surface area contributed by atoms with Gasteiger partial charge < -0.3 is 15.4 Å². The zero-order valence-electron chi connectivity index (χ0n) is 13.7. The quantitative estimate of drug-likeness (QED) is 0.821. The molecule has 0 bridgehead atoms. The van der Waals surface area contributed by atoms with Crippen molar-refractivity contribution in [3.63, 3.8) is 0 Å². The van der Waals surface area contributed by atoms with Crippen molar-refractivity contribution in [2.45, 2.75) is 13.0 Å². The maximum atomic E-state index is 12.6. The number of methoxy groups -OCH3 is 1. The van der Waals surface area contributed by atoms with E-state index in [1.807, 2.05) is 30.3 Å². The summed E-state index contributed by atoms with van der Waals surface area (Å²) in [6.07, 6.45) is 2.90. The van der Waals surface area contributed by atoms with Crippen LogP contribution in [0.2, 0.25) is 0 Å². The highest BCUT2D eigenvalue weighted by Gasteiger charge is 2.25. The second kappa shape index (κ2) is 8.16. The van der Waals surface area contributed by atoms with E-state index in [2.05, 4.69) is 9.97 Å². The molecule has 2 rings (SSSR count). The number of rotatable bonds is 7. The van der Waals surface area contributed by atoms with E-state index in [0.717, 1.165) is 5.56 Å². The van der Waals surface area contributed by atoms with Gasteiger partial charge >= 0.3 is 0 Å². The van der Waals surface area contributed by atoms with Crippen LogP contribution in [-0.2, 0) is 9.53 Å². The van der Waals surface area contributed by atoms with Gasteiger partial charge in [-0.25, -0.2) is 9.97 Å². The molecule has 24 heavy (non-hydrogen) atoms. The molecule has 1 aromatic heterocycles. The standard InChI is InChI=1S/C17H20N4O3/c1-12(15(18)22)21(8-9-24-2)17(23)14-10-19-16(20-11-14)13-6-4-3-5-7-13/h3-7,10-12H,8-9H2,1-2H3,(H2,18,22)/t12-/m1/s1. The summed E-state index contributed by atoms with van der Waals surface area (Å²) in [6, 6.07) is 8.70. The molecule has 2 amide bonds. The molecule has 0 fully saturated rings. The van der Waals surface area contributed by atoms with E-state index in [1.54, 1.807) is 6.92 Å². The van der Waals surface area contributed by atoms with Crippen LogP contribution in [0.15, 0.2) is 42.7 Å². The van der Waals surface area contributed by atoms with Gasteiger partial charge in [0.25, 0.3) is 5.91 Å². The number of carbonyl (C=O) groups excluding carboxylic acids is 2. The van der Waals surface area contributed by atoms with Crippen LogP contribution in [0.3, 0.4) is 0 Å². The lowest BCUT2D eigenvalue weighted by Gasteiger charge is -2.26. The maximum Gasteiger partial charge on any atom is 0.257 e. The highest BCUT2D eigenvalue weighted by molar-refractivity contribution is 5.96. The molecule has 0 radical (unpaired) electrons. The molecule has 0 spiro atoms. The second-order valence-electron chi connectivity index (χ2n) is 5.23. The van der Waals surface area contributed by atoms with Crippen molar-refractivity contribution in [1.29, 1.82) is 0 Å². The molecule has 1 heterocycles. The van der Waals surface area contributed by atoms with Crippen LogP contribution >= 0.6 is 0 Å². The fourth-order valence-electron chi connectivity index (χ4n) is 2.15. The van der Waals surface area contributed by atoms with Gasteiger partial charge in [0.2, 0.25) is 5.91 Å². The first-order valence-corrected chi connectivity index (χ1v) is 7.51. The van der Waals surface area contributed by atoms with Crippen LogP contribution in [0.25, 0.3) is 11.4 Å². The van der Waals surface area contributed by atoms with Crippen molar-refractivity contribution in [3.8, 4) is 11.4 Å². The molecule has 2 N–H and O–H groups in total. The zero-order valence-corrected chi connectivity index (χ0v) is 13.7. The second-order valence-corrected chi connectivity index (χ2v) is 5.23. The van der Waals surface area contributed by atoms with Crippen LogP contribution in [-0.4, -0.2) is 53.0 Å². The van der Waals surface area contributed by atoms with Crippen molar-refractivity contribution >= 4 is 11.8 Å². The molecule has 0 saturated heterocycles. The van der Waals surface area contributed by atoms with E-state index in [1.165, 1.54) is 24.4 Å². The zero-order chi connectivity index (χ0) is 17.5. The third-order valence-electron chi connectivity index (χ3n) is 3.61. The minimum Gasteiger partial charge on any atom is -0.383 e. The summed E-state index contributed by atoms with van der Waals surface area (Å²) >= 11 is 0. The van der Waals surface area contributed by atoms with E-state index < -0.39 is 11.9 Å². The van der Waals surface area contributed by atoms with Gasteiger partial charge in [-0.15, -0.1) is 0 Å². The SMILES string of the molecule is COCCN(C(=O)c1cnc(-c2ccccc2)nc1)[C@H](C)C(N)=O. The third-order valence-corrected chi connectivity index (χ3v) is 3.61. The molecular formula is C17H20N4O3. The van der Waals surface area contributed by atoms with Crippen molar-refractivity contribution < 1.29 is 14.3 Å². The van der Waals surface area contributed by atoms with Crippen molar-refractivity contribution in [3.05, 3.63) is 48.3 Å². The number of nitrogens with zero attached hydrogens (tertiary/aromatic N) is 3. The number of aromatic nitrogens is 2. The number of benzene rings is 1. The van der Waals surface area contributed by atoms with Gasteiger partial charge in [0.05, 0.1) is 12.2 Å². The van der Waals surface area contributed by atoms with Gasteiger partial charge in [-0.3, -0.25) is 9.59 Å². The number of carbonyl (C=O) groups is 2. The Hall–Kier alpha value is -2.80. The molecular weight excluding hydrogens is 308 g/mol. The summed E-state index contributed by atoms with van der Waals surface area (Å²) in [6.45, 7) is 2.13. The molecule has 0 aliphatic heterocycles. The first-order valence-electron chi connectivity index (χ1n) is 7.51. The van der Waals surface area contributed by atoms with Crippen molar-refractivity contribution in [2.75, 3.05) is 20.3 Å². The highest BCUT2D eigenvalue weighted by atomic mass is 16.5. The maximum absolute atomic E-state index is 12.6. The molecule has 0 saturated carbocycles. The topological polar surface area (TPSA) is 98.4 Å². The molecule has 7 nitrogen and oxygen atoms in total. The number of amides is 2. The average molecular weight is 328 g/mol. The van der Waals surface area contributed by atoms with E-state index in [0.29, 0.717) is 18.0 Å². The Morgan fingerprint density at radius 2 is 1.83 bits per heavy atom. The Balaban J connectivity index is 2.21. The molecule has 126 valence electrons. The molecule has 1 aromatic carbocycles. The summed E-state index contributed by atoms with van der Waals surface area (Å²) in [5, 5.41) is 0. The number of hydrogen-bond donors (Lipinski definition) is 1. The Morgan fingerprint density at radius 3 is 2.38 bits per heavy atom. The number of hydrogen-bond acceptors (Lipinski definition) is 5. The van der Waals surface area contributed by atoms with E-state index in [4.69, 9.17) is 10.5 Å². The third kappa shape index (κ3) is 4.14. The summed E-state index contributed by atoms with van der Waals surface area (Å²) < 4.78 is 4.99. The first-order chi connectivity index (χ1) is 11.5. The smallest absolute Gasteiger partial charge is 0.257 e. The van der Waals surface area contributed by atoms with Gasteiger partial charge in [-0.2, -0.15) is 0 Å². The Kier molecular flexibility index (Phi) is 5.97. The van der Waals surface area contributed by atoms with Gasteiger partial charge in [0.1, 0.15) is 6.04 Å². The molecule has 0 aliphatic carbocycles. The lowest BCUT2D eigenvalue weighted by molar-refractivity contribution is -0.122. The number of nitrogens with two attached hydrogens (primary N) is 1. The van der Waals surface area contributed by atoms with Crippen LogP contribution in [0.4, 0.5) is 0 Å². The Morgan fingerprint density at radius 1 is 1.21 bits per heavy atom. The van der Waals surface area contributed by atoms with E-state index in [9.17, 15) is 9.59 Å². The normalized spacial score (nSPS) is 11.8. The van der Waals surface area contributed by atoms with E-state index in [-0.39, 0.29) is 12.5 Å². The minimum absolute atomic E-state index is 0.250. The molecule has 0 aliphatic rings. The summed E-state index contributed by atoms with van der Waals surface area (Å²) in [5.41, 5.74) is 6.47. The highest BCUT2D eigenvalue weighted by Crippen LogP contribution is 2.14. The number of ether oxygens (including phenoxy) is 1. The first kappa shape index (κ1) is 17.6. The van der Waals surface area contributed by atoms with E-state index >= 15 is 0 Å². The predicted molar refractivity (Wildman–Crippen MR) is 89.0 cm³/mol. The molecule has 7 heteroatoms. The predicted octanol–water partition coefficient (Wildman–Crippen LogP) is 1.11. The molecule has 2 aromatic rings. The fourth-order valence-corrected chi connectivity index (χ4v) is 2.15.